The van der Waals surface area contributed by atoms with Crippen LogP contribution in [0.1, 0.15) is 17.5 Å². The van der Waals surface area contributed by atoms with Gasteiger partial charge in [0.15, 0.2) is 5.58 Å². The van der Waals surface area contributed by atoms with E-state index in [0.29, 0.717) is 35.6 Å². The molecule has 0 radical (unpaired) electrons. The Morgan fingerprint density at radius 3 is 2.54 bits per heavy atom. The van der Waals surface area contributed by atoms with Crippen LogP contribution in [0.2, 0.25) is 5.02 Å². The molecule has 182 valence electrons. The summed E-state index contributed by atoms with van der Waals surface area (Å²) in [5.74, 6) is -0.527. The molecule has 0 bridgehead atoms. The molecule has 1 aliphatic heterocycles. The third-order valence-electron chi connectivity index (χ3n) is 6.61. The molecule has 7 nitrogen and oxygen atoms in total. The Balaban J connectivity index is 1.37. The Morgan fingerprint density at radius 2 is 1.74 bits per heavy atom. The summed E-state index contributed by atoms with van der Waals surface area (Å²) in [6.45, 7) is 0.971. The van der Waals surface area contributed by atoms with E-state index in [9.17, 15) is 13.2 Å². The number of oxazole rings is 1. The van der Waals surface area contributed by atoms with Crippen LogP contribution >= 0.6 is 11.6 Å². The number of anilines is 2. The summed E-state index contributed by atoms with van der Waals surface area (Å²) in [5.41, 5.74) is 5.49. The van der Waals surface area contributed by atoms with Gasteiger partial charge in [0, 0.05) is 43.6 Å². The number of benzene rings is 3. The molecule has 0 saturated carbocycles. The van der Waals surface area contributed by atoms with E-state index in [2.05, 4.69) is 23.1 Å². The minimum absolute atomic E-state index is 0.126. The Kier molecular flexibility index (Phi) is 6.21. The highest BCUT2D eigenvalue weighted by Crippen LogP contribution is 2.37. The first-order valence-electron chi connectivity index (χ1n) is 11.5. The van der Waals surface area contributed by atoms with Gasteiger partial charge in [-0.25, -0.2) is 17.5 Å². The van der Waals surface area contributed by atoms with E-state index in [0.717, 1.165) is 24.2 Å². The van der Waals surface area contributed by atoms with Crippen molar-refractivity contribution in [2.45, 2.75) is 24.2 Å². The maximum absolute atomic E-state index is 13.2. The molecule has 0 spiro atoms. The second-order valence-electron chi connectivity index (χ2n) is 8.79. The first kappa shape index (κ1) is 23.7. The fraction of sp³-hybridized carbons (Fsp3) is 0.269. The van der Waals surface area contributed by atoms with Crippen molar-refractivity contribution >= 4 is 44.1 Å². The van der Waals surface area contributed by atoms with Gasteiger partial charge < -0.3 is 9.32 Å². The topological polar surface area (TPSA) is 75.8 Å². The SMILES string of the molecule is CN(CCCN1c2ccccc2CCc2ccc(Cl)cc21)S(=O)(=O)c1ccc2oc(=O)n(C)c2c1. The van der Waals surface area contributed by atoms with Crippen molar-refractivity contribution in [3.63, 3.8) is 0 Å². The molecular weight excluding hydrogens is 486 g/mol. The average molecular weight is 512 g/mol. The van der Waals surface area contributed by atoms with Gasteiger partial charge in [-0.2, -0.15) is 0 Å². The van der Waals surface area contributed by atoms with E-state index in [1.54, 1.807) is 14.1 Å². The number of sulfonamides is 1. The zero-order chi connectivity index (χ0) is 24.7. The molecule has 0 amide bonds. The van der Waals surface area contributed by atoms with Crippen molar-refractivity contribution in [2.24, 2.45) is 7.05 Å². The van der Waals surface area contributed by atoms with Gasteiger partial charge >= 0.3 is 5.76 Å². The van der Waals surface area contributed by atoms with Crippen molar-refractivity contribution in [1.29, 1.82) is 0 Å². The average Bonchev–Trinajstić information content (AvgIpc) is 3.04. The van der Waals surface area contributed by atoms with Crippen LogP contribution in [0.5, 0.6) is 0 Å². The van der Waals surface area contributed by atoms with Gasteiger partial charge in [-0.1, -0.05) is 35.9 Å². The third-order valence-corrected chi connectivity index (χ3v) is 8.70. The van der Waals surface area contributed by atoms with Crippen molar-refractivity contribution in [1.82, 2.24) is 8.87 Å². The Labute approximate surface area is 209 Å². The number of halogens is 1. The molecule has 35 heavy (non-hydrogen) atoms. The largest absolute Gasteiger partial charge is 0.419 e. The fourth-order valence-electron chi connectivity index (χ4n) is 4.64. The molecule has 0 aliphatic carbocycles. The summed E-state index contributed by atoms with van der Waals surface area (Å²) in [7, 11) is -0.608. The second kappa shape index (κ2) is 9.18. The number of fused-ring (bicyclic) bond motifs is 3. The van der Waals surface area contributed by atoms with Crippen LogP contribution in [0, 0.1) is 0 Å². The minimum Gasteiger partial charge on any atom is -0.408 e. The maximum atomic E-state index is 13.2. The lowest BCUT2D eigenvalue weighted by atomic mass is 10.0. The van der Waals surface area contributed by atoms with Crippen LogP contribution in [-0.2, 0) is 29.9 Å². The van der Waals surface area contributed by atoms with Crippen LogP contribution in [0.3, 0.4) is 0 Å². The lowest BCUT2D eigenvalue weighted by molar-refractivity contribution is 0.463. The van der Waals surface area contributed by atoms with E-state index < -0.39 is 15.8 Å². The monoisotopic (exact) mass is 511 g/mol. The smallest absolute Gasteiger partial charge is 0.408 e. The fourth-order valence-corrected chi connectivity index (χ4v) is 6.04. The molecule has 1 aliphatic rings. The van der Waals surface area contributed by atoms with E-state index in [-0.39, 0.29) is 4.90 Å². The number of para-hydroxylation sites is 1. The van der Waals surface area contributed by atoms with Crippen molar-refractivity contribution in [2.75, 3.05) is 25.0 Å². The highest BCUT2D eigenvalue weighted by atomic mass is 35.5. The molecule has 0 atom stereocenters. The number of rotatable bonds is 6. The number of nitrogens with zero attached hydrogens (tertiary/aromatic N) is 3. The van der Waals surface area contributed by atoms with Crippen molar-refractivity contribution < 1.29 is 12.8 Å². The Hall–Kier alpha value is -3.07. The van der Waals surface area contributed by atoms with E-state index in [1.807, 2.05) is 24.3 Å². The molecule has 5 rings (SSSR count). The second-order valence-corrected chi connectivity index (χ2v) is 11.3. The van der Waals surface area contributed by atoms with Crippen molar-refractivity contribution in [3.8, 4) is 0 Å². The number of aryl methyl sites for hydroxylation is 3. The predicted molar refractivity (Wildman–Crippen MR) is 138 cm³/mol. The highest BCUT2D eigenvalue weighted by Gasteiger charge is 2.24. The minimum atomic E-state index is -3.74. The van der Waals surface area contributed by atoms with Crippen LogP contribution in [-0.4, -0.2) is 37.4 Å². The summed E-state index contributed by atoms with van der Waals surface area (Å²) in [5, 5.41) is 0.678. The van der Waals surface area contributed by atoms with E-state index >= 15 is 0 Å². The normalized spacial score (nSPS) is 13.7. The van der Waals surface area contributed by atoms with E-state index in [1.165, 1.54) is 38.2 Å². The van der Waals surface area contributed by atoms with Crippen LogP contribution in [0.4, 0.5) is 11.4 Å². The van der Waals surface area contributed by atoms with Gasteiger partial charge in [-0.15, -0.1) is 0 Å². The van der Waals surface area contributed by atoms with Gasteiger partial charge in [0.25, 0.3) is 0 Å². The van der Waals surface area contributed by atoms with E-state index in [4.69, 9.17) is 16.0 Å². The van der Waals surface area contributed by atoms with Gasteiger partial charge in [0.1, 0.15) is 0 Å². The van der Waals surface area contributed by atoms with Gasteiger partial charge in [-0.05, 0) is 66.8 Å². The standard InChI is InChI=1S/C26H26ClN3O4S/c1-28(35(32,33)21-12-13-25-24(17-21)29(2)26(31)34-25)14-5-15-30-22-7-4-3-6-18(22)8-9-19-10-11-20(27)16-23(19)30/h3-4,6-7,10-13,16-17H,5,8-9,14-15H2,1-2H3. The summed E-state index contributed by atoms with van der Waals surface area (Å²) >= 11 is 6.35. The van der Waals surface area contributed by atoms with Gasteiger partial charge in [0.2, 0.25) is 10.0 Å². The maximum Gasteiger partial charge on any atom is 0.419 e. The summed E-state index contributed by atoms with van der Waals surface area (Å²) in [6.07, 6.45) is 2.48. The predicted octanol–water partition coefficient (Wildman–Crippen LogP) is 4.73. The molecular formula is C26H26ClN3O4S. The lowest BCUT2D eigenvalue weighted by Gasteiger charge is -2.28. The highest BCUT2D eigenvalue weighted by molar-refractivity contribution is 7.89. The summed E-state index contributed by atoms with van der Waals surface area (Å²) in [4.78, 5) is 14.1. The zero-order valence-corrected chi connectivity index (χ0v) is 21.1. The molecule has 0 fully saturated rings. The molecule has 2 heterocycles. The van der Waals surface area contributed by atoms with Crippen molar-refractivity contribution in [3.05, 3.63) is 87.4 Å². The molecule has 0 unspecified atom stereocenters. The molecule has 4 aromatic rings. The number of hydrogen-bond donors (Lipinski definition) is 0. The van der Waals surface area contributed by atoms with Crippen LogP contribution in [0.15, 0.2) is 74.8 Å². The molecule has 9 heteroatoms. The summed E-state index contributed by atoms with van der Waals surface area (Å²) in [6, 6.07) is 18.8. The van der Waals surface area contributed by atoms with Crippen LogP contribution in [0.25, 0.3) is 11.1 Å². The molecule has 1 aromatic heterocycles. The first-order chi connectivity index (χ1) is 16.8. The summed E-state index contributed by atoms with van der Waals surface area (Å²) < 4.78 is 34.3. The quantitative estimate of drug-likeness (QED) is 0.374. The Morgan fingerprint density at radius 1 is 1.00 bits per heavy atom. The van der Waals surface area contributed by atoms with Gasteiger partial charge in [0.05, 0.1) is 10.4 Å². The number of hydrogen-bond acceptors (Lipinski definition) is 5. The lowest BCUT2D eigenvalue weighted by Crippen LogP contribution is -2.30. The molecule has 3 aromatic carbocycles. The Bertz CT molecular complexity index is 1580. The zero-order valence-electron chi connectivity index (χ0n) is 19.6. The first-order valence-corrected chi connectivity index (χ1v) is 13.3. The molecule has 0 N–H and O–H groups in total. The van der Waals surface area contributed by atoms with Crippen LogP contribution < -0.4 is 10.7 Å². The number of aromatic nitrogens is 1. The molecule has 0 saturated heterocycles. The van der Waals surface area contributed by atoms with Gasteiger partial charge in [-0.3, -0.25) is 4.57 Å². The third kappa shape index (κ3) is 4.37.